The molecule has 1 N–H and O–H groups in total. The minimum atomic E-state index is -1.03. The van der Waals surface area contributed by atoms with Crippen molar-refractivity contribution < 1.29 is 19.1 Å². The fourth-order valence-electron chi connectivity index (χ4n) is 1.50. The minimum Gasteiger partial charge on any atom is -0.506 e. The molecule has 0 saturated carbocycles. The summed E-state index contributed by atoms with van der Waals surface area (Å²) in [5.74, 6) is -1.57. The lowest BCUT2D eigenvalue weighted by Crippen LogP contribution is -2.15. The van der Waals surface area contributed by atoms with Crippen molar-refractivity contribution >= 4 is 40.1 Å². The third-order valence-electron chi connectivity index (χ3n) is 2.29. The molecule has 18 heavy (non-hydrogen) atoms. The maximum atomic E-state index is 11.6. The molecule has 0 radical (unpaired) electrons. The molecule has 5 nitrogen and oxygen atoms in total. The number of rotatable bonds is 1. The van der Waals surface area contributed by atoms with E-state index in [1.54, 1.807) is 0 Å². The Morgan fingerprint density at radius 1 is 1.39 bits per heavy atom. The van der Waals surface area contributed by atoms with E-state index in [1.807, 2.05) is 0 Å². The van der Waals surface area contributed by atoms with E-state index < -0.39 is 22.9 Å². The van der Waals surface area contributed by atoms with Gasteiger partial charge in [-0.15, -0.1) is 0 Å². The van der Waals surface area contributed by atoms with Gasteiger partial charge in [0.2, 0.25) is 0 Å². The van der Waals surface area contributed by atoms with E-state index in [9.17, 15) is 14.7 Å². The van der Waals surface area contributed by atoms with Gasteiger partial charge in [-0.25, -0.2) is 9.59 Å². The van der Waals surface area contributed by atoms with Gasteiger partial charge in [-0.05, 0) is 12.1 Å². The average molecular weight is 289 g/mol. The van der Waals surface area contributed by atoms with Crippen LogP contribution in [0.2, 0.25) is 10.0 Å². The van der Waals surface area contributed by atoms with Crippen molar-refractivity contribution in [2.24, 2.45) is 0 Å². The van der Waals surface area contributed by atoms with Crippen molar-refractivity contribution in [1.82, 2.24) is 0 Å². The van der Waals surface area contributed by atoms with E-state index in [-0.39, 0.29) is 21.0 Å². The highest BCUT2D eigenvalue weighted by molar-refractivity contribution is 6.38. The van der Waals surface area contributed by atoms with Crippen LogP contribution >= 0.6 is 23.2 Å². The second-order valence-electron chi connectivity index (χ2n) is 3.37. The van der Waals surface area contributed by atoms with E-state index >= 15 is 0 Å². The molecule has 0 fully saturated rings. The molecule has 0 bridgehead atoms. The average Bonchev–Trinajstić information content (AvgIpc) is 2.30. The molecule has 2 rings (SSSR count). The van der Waals surface area contributed by atoms with Crippen LogP contribution in [0.1, 0.15) is 10.4 Å². The molecule has 1 aromatic heterocycles. The van der Waals surface area contributed by atoms with Gasteiger partial charge in [0.15, 0.2) is 11.1 Å². The first-order valence-corrected chi connectivity index (χ1v) is 5.44. The number of carbonyl (C=O) groups is 1. The molecule has 1 heterocycles. The van der Waals surface area contributed by atoms with E-state index in [0.29, 0.717) is 0 Å². The van der Waals surface area contributed by atoms with E-state index in [1.165, 1.54) is 12.1 Å². The number of fused-ring (bicyclic) bond motifs is 1. The number of esters is 1. The van der Waals surface area contributed by atoms with Gasteiger partial charge in [0.05, 0.1) is 17.5 Å². The van der Waals surface area contributed by atoms with Crippen molar-refractivity contribution in [3.8, 4) is 5.75 Å². The maximum absolute atomic E-state index is 11.6. The van der Waals surface area contributed by atoms with Crippen LogP contribution in [-0.2, 0) is 4.74 Å². The second kappa shape index (κ2) is 4.51. The van der Waals surface area contributed by atoms with Crippen LogP contribution in [0, 0.1) is 0 Å². The molecule has 0 aliphatic heterocycles. The Bertz CT molecular complexity index is 705. The fraction of sp³-hybridized carbons (Fsp3) is 0.0909. The fourth-order valence-corrected chi connectivity index (χ4v) is 2.03. The lowest BCUT2D eigenvalue weighted by atomic mass is 10.1. The normalized spacial score (nSPS) is 10.6. The van der Waals surface area contributed by atoms with Gasteiger partial charge in [0, 0.05) is 5.02 Å². The Labute approximate surface area is 110 Å². The van der Waals surface area contributed by atoms with E-state index in [0.717, 1.165) is 7.11 Å². The number of halogens is 2. The predicted molar refractivity (Wildman–Crippen MR) is 65.5 cm³/mol. The zero-order valence-corrected chi connectivity index (χ0v) is 10.5. The first-order chi connectivity index (χ1) is 8.45. The number of hydrogen-bond donors (Lipinski definition) is 1. The molecule has 94 valence electrons. The number of hydrogen-bond acceptors (Lipinski definition) is 5. The largest absolute Gasteiger partial charge is 0.506 e. The van der Waals surface area contributed by atoms with Crippen molar-refractivity contribution in [2.75, 3.05) is 7.11 Å². The molecule has 0 aliphatic carbocycles. The number of aromatic hydroxyl groups is 1. The molecule has 2 aromatic rings. The zero-order valence-electron chi connectivity index (χ0n) is 8.99. The Morgan fingerprint density at radius 2 is 2.06 bits per heavy atom. The minimum absolute atomic E-state index is 0.0452. The van der Waals surface area contributed by atoms with Crippen LogP contribution < -0.4 is 5.63 Å². The molecule has 1 aromatic carbocycles. The summed E-state index contributed by atoms with van der Waals surface area (Å²) in [4.78, 5) is 22.9. The Morgan fingerprint density at radius 3 is 2.67 bits per heavy atom. The third-order valence-corrected chi connectivity index (χ3v) is 2.79. The molecular formula is C11H6Cl2O5. The first-order valence-electron chi connectivity index (χ1n) is 4.69. The van der Waals surface area contributed by atoms with Crippen LogP contribution in [0.3, 0.4) is 0 Å². The lowest BCUT2D eigenvalue weighted by molar-refractivity contribution is 0.0593. The lowest BCUT2D eigenvalue weighted by Gasteiger charge is -2.06. The topological polar surface area (TPSA) is 76.7 Å². The predicted octanol–water partition coefficient (Wildman–Crippen LogP) is 2.59. The summed E-state index contributed by atoms with van der Waals surface area (Å²) in [6, 6.07) is 2.68. The Kier molecular flexibility index (Phi) is 3.19. The van der Waals surface area contributed by atoms with E-state index in [4.69, 9.17) is 27.6 Å². The van der Waals surface area contributed by atoms with Crippen molar-refractivity contribution in [1.29, 1.82) is 0 Å². The third kappa shape index (κ3) is 1.91. The summed E-state index contributed by atoms with van der Waals surface area (Å²) < 4.78 is 9.26. The van der Waals surface area contributed by atoms with Crippen LogP contribution in [-0.4, -0.2) is 18.2 Å². The summed E-state index contributed by atoms with van der Waals surface area (Å²) in [5, 5.41) is 10.3. The van der Waals surface area contributed by atoms with Crippen LogP contribution in [0.4, 0.5) is 0 Å². The Balaban J connectivity index is 2.94. The number of methoxy groups -OCH3 is 1. The van der Waals surface area contributed by atoms with Crippen LogP contribution in [0.5, 0.6) is 5.75 Å². The number of ether oxygens (including phenoxy) is 1. The highest BCUT2D eigenvalue weighted by Crippen LogP contribution is 2.33. The van der Waals surface area contributed by atoms with Crippen LogP contribution in [0.15, 0.2) is 21.3 Å². The summed E-state index contributed by atoms with van der Waals surface area (Å²) in [6.07, 6.45) is 0. The molecule has 0 atom stereocenters. The zero-order chi connectivity index (χ0) is 13.4. The molecule has 0 saturated heterocycles. The number of carbonyl (C=O) groups excluding carboxylic acids is 1. The van der Waals surface area contributed by atoms with Crippen molar-refractivity contribution in [3.63, 3.8) is 0 Å². The highest BCUT2D eigenvalue weighted by Gasteiger charge is 2.22. The highest BCUT2D eigenvalue weighted by atomic mass is 35.5. The monoisotopic (exact) mass is 288 g/mol. The summed E-state index contributed by atoms with van der Waals surface area (Å²) in [6.45, 7) is 0. The van der Waals surface area contributed by atoms with Gasteiger partial charge < -0.3 is 14.3 Å². The quantitative estimate of drug-likeness (QED) is 0.645. The van der Waals surface area contributed by atoms with Gasteiger partial charge in [0.1, 0.15) is 5.75 Å². The SMILES string of the molecule is COC(=O)c1c(O)c2cc(Cl)cc(Cl)c2oc1=O. The molecule has 0 unspecified atom stereocenters. The molecule has 7 heteroatoms. The first kappa shape index (κ1) is 12.7. The van der Waals surface area contributed by atoms with E-state index in [2.05, 4.69) is 4.74 Å². The Hall–Kier alpha value is -1.72. The summed E-state index contributed by atoms with van der Waals surface area (Å²) in [5.41, 5.74) is -1.67. The van der Waals surface area contributed by atoms with Gasteiger partial charge in [0.25, 0.3) is 0 Å². The van der Waals surface area contributed by atoms with Crippen LogP contribution in [0.25, 0.3) is 11.0 Å². The standard InChI is InChI=1S/C11H6Cl2O5/c1-17-10(15)7-8(14)5-2-4(12)3-6(13)9(5)18-11(7)16/h2-3,14H,1H3. The maximum Gasteiger partial charge on any atom is 0.354 e. The smallest absolute Gasteiger partial charge is 0.354 e. The van der Waals surface area contributed by atoms with Gasteiger partial charge in [-0.2, -0.15) is 0 Å². The number of benzene rings is 1. The van der Waals surface area contributed by atoms with Crippen molar-refractivity contribution in [2.45, 2.75) is 0 Å². The molecule has 0 aliphatic rings. The van der Waals surface area contributed by atoms with Gasteiger partial charge >= 0.3 is 11.6 Å². The summed E-state index contributed by atoms with van der Waals surface area (Å²) >= 11 is 11.6. The van der Waals surface area contributed by atoms with Gasteiger partial charge in [-0.3, -0.25) is 0 Å². The van der Waals surface area contributed by atoms with Crippen molar-refractivity contribution in [3.05, 3.63) is 38.2 Å². The molecular weight excluding hydrogens is 283 g/mol. The summed E-state index contributed by atoms with van der Waals surface area (Å²) in [7, 11) is 1.08. The molecule has 0 spiro atoms. The molecule has 0 amide bonds. The van der Waals surface area contributed by atoms with Gasteiger partial charge in [-0.1, -0.05) is 23.2 Å². The second-order valence-corrected chi connectivity index (χ2v) is 4.21.